The van der Waals surface area contributed by atoms with Gasteiger partial charge in [-0.05, 0) is 157 Å². The molecule has 0 fully saturated rings. The highest BCUT2D eigenvalue weighted by Gasteiger charge is 2.20. The maximum Gasteiger partial charge on any atom is 0.0620 e. The predicted molar refractivity (Wildman–Crippen MR) is 414 cm³/mol. The van der Waals surface area contributed by atoms with E-state index in [4.69, 9.17) is 0 Å². The van der Waals surface area contributed by atoms with E-state index in [1.165, 1.54) is 191 Å². The highest BCUT2D eigenvalue weighted by atomic mass is 15.0. The second-order valence-electron chi connectivity index (χ2n) is 26.2. The van der Waals surface area contributed by atoms with E-state index in [0.717, 1.165) is 6.42 Å². The third-order valence-corrected chi connectivity index (χ3v) is 20.6. The van der Waals surface area contributed by atoms with Crippen LogP contribution in [0, 0.1) is 13.8 Å². The molecule has 1 aliphatic carbocycles. The van der Waals surface area contributed by atoms with Gasteiger partial charge in [0.05, 0.1) is 22.1 Å². The first-order valence-corrected chi connectivity index (χ1v) is 33.4. The molecule has 5 heterocycles. The lowest BCUT2D eigenvalue weighted by Crippen LogP contribution is -1.87. The molecule has 0 radical (unpaired) electrons. The molecule has 96 heavy (non-hydrogen) atoms. The molecule has 0 spiro atoms. The molecule has 0 saturated carbocycles. The Morgan fingerprint density at radius 2 is 0.646 bits per heavy atom. The van der Waals surface area contributed by atoms with Crippen molar-refractivity contribution in [2.75, 3.05) is 0 Å². The Labute approximate surface area is 556 Å². The van der Waals surface area contributed by atoms with Crippen LogP contribution in [-0.4, -0.2) is 18.1 Å². The number of fused-ring (bicyclic) bond motifs is 27. The Bertz CT molecular complexity index is 6510. The molecule has 0 amide bonds. The molecule has 22 rings (SSSR count). The Hall–Kier alpha value is -12.0. The number of benzene rings is 16. The highest BCUT2D eigenvalue weighted by Crippen LogP contribution is 2.43. The third-order valence-electron chi connectivity index (χ3n) is 20.6. The van der Waals surface area contributed by atoms with E-state index in [9.17, 15) is 0 Å². The lowest BCUT2D eigenvalue weighted by Gasteiger charge is -2.03. The smallest absolute Gasteiger partial charge is 0.0620 e. The fourth-order valence-corrected chi connectivity index (χ4v) is 16.2. The average molecular weight is 1230 g/mol. The summed E-state index contributed by atoms with van der Waals surface area (Å²) in [5, 5.41) is 26.7. The molecule has 21 aromatic rings. The molecular weight excluding hydrogens is 1160 g/mol. The van der Waals surface area contributed by atoms with Crippen LogP contribution in [0.5, 0.6) is 0 Å². The summed E-state index contributed by atoms with van der Waals surface area (Å²) in [6.45, 7) is 4.34. The lowest BCUT2D eigenvalue weighted by molar-refractivity contribution is 1.01. The minimum absolute atomic E-state index is 1.10. The van der Waals surface area contributed by atoms with Crippen LogP contribution in [0.25, 0.3) is 169 Å². The molecule has 0 atom stereocenters. The van der Waals surface area contributed by atoms with Gasteiger partial charge in [0.2, 0.25) is 0 Å². The molecule has 0 unspecified atom stereocenters. The predicted octanol–water partition coefficient (Wildman–Crippen LogP) is 24.5. The van der Waals surface area contributed by atoms with Gasteiger partial charge >= 0.3 is 0 Å². The Balaban J connectivity index is 0.0000000882. The van der Waals surface area contributed by atoms with Crippen molar-refractivity contribution in [3.8, 4) is 11.1 Å². The fraction of sp³-hybridized carbons (Fsp3) is 0.0652. The summed E-state index contributed by atoms with van der Waals surface area (Å²) < 4.78 is 9.33. The van der Waals surface area contributed by atoms with Gasteiger partial charge in [-0.1, -0.05) is 254 Å². The van der Waals surface area contributed by atoms with E-state index in [1.807, 2.05) is 0 Å². The first kappa shape index (κ1) is 56.7. The summed E-state index contributed by atoms with van der Waals surface area (Å²) in [5.74, 6) is 0. The van der Waals surface area contributed by atoms with Gasteiger partial charge < -0.3 is 18.1 Å². The lowest BCUT2D eigenvalue weighted by atomic mass is 10.00. The number of nitrogens with zero attached hydrogens (tertiary/aromatic N) is 4. The van der Waals surface area contributed by atoms with E-state index < -0.39 is 0 Å². The monoisotopic (exact) mass is 1230 g/mol. The first-order valence-electron chi connectivity index (χ1n) is 33.4. The van der Waals surface area contributed by atoms with Crippen LogP contribution in [0.3, 0.4) is 0 Å². The van der Waals surface area contributed by atoms with Crippen molar-refractivity contribution in [3.63, 3.8) is 0 Å². The van der Waals surface area contributed by atoms with Gasteiger partial charge in [-0.3, -0.25) is 0 Å². The SMILES string of the molecule is Cc1cc2c3ccccc3n3c4ccccc4c(c1)c23.Cc1ccc2c(c1)-c1ccccc1C2.Cn1c2cc3ccccc3cc2c2ccc3ccccc3c21.Cn1c2ccc3ccccc3c2c2c3ccccc3ccc21.Cn1c2ccccc2c2c3ccccc3ccc21. The molecule has 1 aliphatic rings. The van der Waals surface area contributed by atoms with Crippen LogP contribution < -0.4 is 0 Å². The van der Waals surface area contributed by atoms with Gasteiger partial charge in [-0.15, -0.1) is 0 Å². The Morgan fingerprint density at radius 3 is 1.24 bits per heavy atom. The zero-order chi connectivity index (χ0) is 64.3. The van der Waals surface area contributed by atoms with Crippen LogP contribution in [0.1, 0.15) is 22.3 Å². The summed E-state index contributed by atoms with van der Waals surface area (Å²) in [6, 6.07) is 112. The van der Waals surface area contributed by atoms with Gasteiger partial charge in [0.25, 0.3) is 0 Å². The second kappa shape index (κ2) is 22.7. The number of para-hydroxylation sites is 3. The van der Waals surface area contributed by atoms with Gasteiger partial charge in [-0.25, -0.2) is 0 Å². The number of rotatable bonds is 0. The third kappa shape index (κ3) is 9.04. The van der Waals surface area contributed by atoms with Crippen molar-refractivity contribution >= 4 is 157 Å². The van der Waals surface area contributed by atoms with E-state index in [0.29, 0.717) is 0 Å². The molecule has 0 aliphatic heterocycles. The summed E-state index contributed by atoms with van der Waals surface area (Å²) in [5.41, 5.74) is 20.2. The largest absolute Gasteiger partial charge is 0.344 e. The van der Waals surface area contributed by atoms with Crippen molar-refractivity contribution in [1.29, 1.82) is 0 Å². The van der Waals surface area contributed by atoms with Gasteiger partial charge in [0.15, 0.2) is 0 Å². The molecular formula is C92H68N4. The van der Waals surface area contributed by atoms with Crippen molar-refractivity contribution < 1.29 is 0 Å². The van der Waals surface area contributed by atoms with Gasteiger partial charge in [0, 0.05) is 108 Å². The van der Waals surface area contributed by atoms with Gasteiger partial charge in [0.1, 0.15) is 0 Å². The van der Waals surface area contributed by atoms with Crippen molar-refractivity contribution in [1.82, 2.24) is 18.1 Å². The zero-order valence-corrected chi connectivity index (χ0v) is 54.4. The summed E-state index contributed by atoms with van der Waals surface area (Å²) in [7, 11) is 6.47. The minimum Gasteiger partial charge on any atom is -0.344 e. The fourth-order valence-electron chi connectivity index (χ4n) is 16.2. The molecule has 0 saturated heterocycles. The van der Waals surface area contributed by atoms with Crippen LogP contribution in [-0.2, 0) is 27.6 Å². The molecule has 0 N–H and O–H groups in total. The normalized spacial score (nSPS) is 12.0. The Morgan fingerprint density at radius 1 is 0.219 bits per heavy atom. The van der Waals surface area contributed by atoms with Crippen LogP contribution in [0.2, 0.25) is 0 Å². The molecule has 0 bridgehead atoms. The molecule has 4 heteroatoms. The highest BCUT2D eigenvalue weighted by molar-refractivity contribution is 6.29. The van der Waals surface area contributed by atoms with Crippen LogP contribution >= 0.6 is 0 Å². The van der Waals surface area contributed by atoms with E-state index >= 15 is 0 Å². The van der Waals surface area contributed by atoms with E-state index in [-0.39, 0.29) is 0 Å². The first-order chi connectivity index (χ1) is 47.2. The zero-order valence-electron chi connectivity index (χ0n) is 54.4. The van der Waals surface area contributed by atoms with E-state index in [1.54, 1.807) is 0 Å². The maximum atomic E-state index is 2.41. The minimum atomic E-state index is 1.10. The average Bonchev–Trinajstić information content (AvgIpc) is 1.56. The van der Waals surface area contributed by atoms with Crippen LogP contribution in [0.4, 0.5) is 0 Å². The van der Waals surface area contributed by atoms with Crippen molar-refractivity contribution in [2.45, 2.75) is 20.3 Å². The van der Waals surface area contributed by atoms with Crippen LogP contribution in [0.15, 0.2) is 309 Å². The quantitative estimate of drug-likeness (QED) is 0.144. The summed E-state index contributed by atoms with van der Waals surface area (Å²) >= 11 is 0. The number of hydrogen-bond acceptors (Lipinski definition) is 0. The molecule has 456 valence electrons. The molecule has 16 aromatic carbocycles. The van der Waals surface area contributed by atoms with E-state index in [2.05, 4.69) is 362 Å². The standard InChI is InChI=1S/2C21H15N.C19H13N.C17H13N.C14H12/c1-22-18-12-10-14-6-2-4-8-16(14)20(18)21-17-9-5-3-7-15(17)11-13-19(21)22;1-22-20-13-16-8-3-2-7-15(16)12-19(20)18-11-10-14-6-4-5-9-17(14)21(18)22;1-12-10-15-13-6-2-4-8-17(13)20-18-9-5-3-7-14(18)16(11-12)19(15)20;1-18-15-9-5-4-8-14(15)17-13-7-3-2-6-12(13)10-11-16(17)18;1-10-6-7-12-9-11-4-2-3-5-13(11)14(12)8-10/h2*2-13H,1H3;2-11H,1H3;2-11H,1H3;2-8H,9H2,1H3. The number of aryl methyl sites for hydroxylation is 5. The number of hydrogen-bond donors (Lipinski definition) is 0. The van der Waals surface area contributed by atoms with Crippen molar-refractivity contribution in [3.05, 3.63) is 332 Å². The maximum absolute atomic E-state index is 2.41. The Kier molecular flexibility index (Phi) is 13.4. The molecule has 4 nitrogen and oxygen atoms in total. The topological polar surface area (TPSA) is 19.2 Å². The summed E-state index contributed by atoms with van der Waals surface area (Å²) in [6.07, 6.45) is 1.10. The molecule has 5 aromatic heterocycles. The number of aromatic nitrogens is 4. The summed E-state index contributed by atoms with van der Waals surface area (Å²) in [4.78, 5) is 0. The van der Waals surface area contributed by atoms with Gasteiger partial charge in [-0.2, -0.15) is 0 Å². The van der Waals surface area contributed by atoms with Crippen molar-refractivity contribution in [2.24, 2.45) is 21.1 Å². The second-order valence-corrected chi connectivity index (χ2v) is 26.2.